The average Bonchev–Trinajstić information content (AvgIpc) is 3.13. The summed E-state index contributed by atoms with van der Waals surface area (Å²) < 4.78 is 30.0. The third kappa shape index (κ3) is 4.23. The van der Waals surface area contributed by atoms with Crippen molar-refractivity contribution in [3.05, 3.63) is 72.1 Å². The fraction of sp³-hybridized carbons (Fsp3) is 0.200. The lowest BCUT2D eigenvalue weighted by Gasteiger charge is -2.14. The second-order valence-electron chi connectivity index (χ2n) is 6.36. The minimum absolute atomic E-state index is 0.172. The van der Waals surface area contributed by atoms with Crippen LogP contribution in [0.2, 0.25) is 0 Å². The van der Waals surface area contributed by atoms with Gasteiger partial charge in [0.15, 0.2) is 21.3 Å². The van der Waals surface area contributed by atoms with Gasteiger partial charge < -0.3 is 10.1 Å². The lowest BCUT2D eigenvalue weighted by atomic mass is 10.1. The first-order valence-electron chi connectivity index (χ1n) is 8.59. The van der Waals surface area contributed by atoms with Gasteiger partial charge in [0.1, 0.15) is 0 Å². The molecule has 2 aromatic carbocycles. The number of carbonyl (C=O) groups excluding carboxylic acids is 1. The summed E-state index contributed by atoms with van der Waals surface area (Å²) in [6.07, 6.45) is 2.80. The van der Waals surface area contributed by atoms with Crippen LogP contribution in [0, 0.1) is 0 Å². The smallest absolute Gasteiger partial charge is 0.276 e. The standard InChI is InChI=1S/C20H21N3O4S/c1-14(15-9-11-17(12-10-15)28(3,25)26)21-20(24)19-18(27-2)13-23(22-19)16-7-5-4-6-8-16/h4-14H,1-3H3,(H,21,24). The average molecular weight is 399 g/mol. The molecule has 1 unspecified atom stereocenters. The minimum Gasteiger partial charge on any atom is -0.493 e. The number of benzene rings is 2. The van der Waals surface area contributed by atoms with Crippen molar-refractivity contribution in [1.29, 1.82) is 0 Å². The lowest BCUT2D eigenvalue weighted by molar-refractivity contribution is 0.0931. The van der Waals surface area contributed by atoms with Gasteiger partial charge in [0.25, 0.3) is 5.91 Å². The van der Waals surface area contributed by atoms with Gasteiger partial charge in [-0.15, -0.1) is 0 Å². The van der Waals surface area contributed by atoms with E-state index < -0.39 is 9.84 Å². The summed E-state index contributed by atoms with van der Waals surface area (Å²) in [5.74, 6) is -0.0211. The third-order valence-corrected chi connectivity index (χ3v) is 5.42. The van der Waals surface area contributed by atoms with Crippen molar-refractivity contribution in [3.63, 3.8) is 0 Å². The van der Waals surface area contributed by atoms with Crippen LogP contribution in [-0.4, -0.2) is 37.5 Å². The first-order valence-corrected chi connectivity index (χ1v) is 10.5. The summed E-state index contributed by atoms with van der Waals surface area (Å²) in [4.78, 5) is 13.0. The van der Waals surface area contributed by atoms with Crippen LogP contribution in [0.15, 0.2) is 65.7 Å². The molecule has 1 heterocycles. The number of sulfone groups is 1. The van der Waals surface area contributed by atoms with E-state index in [-0.39, 0.29) is 22.5 Å². The maximum Gasteiger partial charge on any atom is 0.276 e. The summed E-state index contributed by atoms with van der Waals surface area (Å²) in [7, 11) is -1.78. The van der Waals surface area contributed by atoms with Crippen LogP contribution in [0.5, 0.6) is 5.75 Å². The summed E-state index contributed by atoms with van der Waals surface area (Å²) >= 11 is 0. The van der Waals surface area contributed by atoms with Crippen LogP contribution in [-0.2, 0) is 9.84 Å². The van der Waals surface area contributed by atoms with Gasteiger partial charge in [-0.3, -0.25) is 4.79 Å². The molecule has 1 aromatic heterocycles. The molecule has 1 N–H and O–H groups in total. The summed E-state index contributed by atoms with van der Waals surface area (Å²) in [6.45, 7) is 1.81. The molecular weight excluding hydrogens is 378 g/mol. The van der Waals surface area contributed by atoms with Crippen LogP contribution >= 0.6 is 0 Å². The van der Waals surface area contributed by atoms with E-state index in [1.165, 1.54) is 19.2 Å². The molecule has 1 atom stereocenters. The van der Waals surface area contributed by atoms with Crippen LogP contribution in [0.25, 0.3) is 5.69 Å². The summed E-state index contributed by atoms with van der Waals surface area (Å²) in [5, 5.41) is 7.21. The molecule has 0 radical (unpaired) electrons. The molecule has 0 spiro atoms. The normalized spacial score (nSPS) is 12.4. The number of carbonyl (C=O) groups is 1. The highest BCUT2D eigenvalue weighted by atomic mass is 32.2. The molecular formula is C20H21N3O4S. The minimum atomic E-state index is -3.26. The highest BCUT2D eigenvalue weighted by Gasteiger charge is 2.20. The Morgan fingerprint density at radius 1 is 1.11 bits per heavy atom. The van der Waals surface area contributed by atoms with E-state index in [0.717, 1.165) is 17.5 Å². The highest BCUT2D eigenvalue weighted by Crippen LogP contribution is 2.21. The number of methoxy groups -OCH3 is 1. The maximum absolute atomic E-state index is 12.7. The number of aromatic nitrogens is 2. The Hall–Kier alpha value is -3.13. The molecule has 8 heteroatoms. The number of nitrogens with zero attached hydrogens (tertiary/aromatic N) is 2. The van der Waals surface area contributed by atoms with Crippen molar-refractivity contribution in [2.45, 2.75) is 17.9 Å². The van der Waals surface area contributed by atoms with E-state index in [2.05, 4.69) is 10.4 Å². The molecule has 0 fully saturated rings. The zero-order chi connectivity index (χ0) is 20.3. The van der Waals surface area contributed by atoms with Crippen molar-refractivity contribution in [3.8, 4) is 11.4 Å². The third-order valence-electron chi connectivity index (χ3n) is 4.29. The van der Waals surface area contributed by atoms with Crippen LogP contribution in [0.1, 0.15) is 29.0 Å². The predicted molar refractivity (Wildman–Crippen MR) is 106 cm³/mol. The Bertz CT molecular complexity index is 1070. The first-order chi connectivity index (χ1) is 13.3. The SMILES string of the molecule is COc1cn(-c2ccccc2)nc1C(=O)NC(C)c1ccc(S(C)(=O)=O)cc1. The molecule has 28 heavy (non-hydrogen) atoms. The maximum atomic E-state index is 12.7. The largest absolute Gasteiger partial charge is 0.493 e. The number of hydrogen-bond donors (Lipinski definition) is 1. The van der Waals surface area contributed by atoms with Crippen molar-refractivity contribution >= 4 is 15.7 Å². The number of hydrogen-bond acceptors (Lipinski definition) is 5. The Morgan fingerprint density at radius 2 is 1.75 bits per heavy atom. The molecule has 0 saturated heterocycles. The molecule has 0 bridgehead atoms. The molecule has 0 aliphatic heterocycles. The second kappa shape index (κ2) is 7.85. The van der Waals surface area contributed by atoms with Gasteiger partial charge in [0.2, 0.25) is 0 Å². The molecule has 1 amide bonds. The van der Waals surface area contributed by atoms with E-state index in [0.29, 0.717) is 5.75 Å². The van der Waals surface area contributed by atoms with Crippen molar-refractivity contribution in [2.24, 2.45) is 0 Å². The van der Waals surface area contributed by atoms with Crippen LogP contribution in [0.4, 0.5) is 0 Å². The predicted octanol–water partition coefficient (Wildman–Crippen LogP) is 2.78. The van der Waals surface area contributed by atoms with Crippen LogP contribution < -0.4 is 10.1 Å². The number of para-hydroxylation sites is 1. The van der Waals surface area contributed by atoms with Gasteiger partial charge in [0.05, 0.1) is 29.9 Å². The highest BCUT2D eigenvalue weighted by molar-refractivity contribution is 7.90. The molecule has 0 saturated carbocycles. The summed E-state index contributed by atoms with van der Waals surface area (Å²) in [5.41, 5.74) is 1.76. The number of nitrogens with one attached hydrogen (secondary N) is 1. The quantitative estimate of drug-likeness (QED) is 0.688. The molecule has 3 aromatic rings. The summed E-state index contributed by atoms with van der Waals surface area (Å²) in [6, 6.07) is 15.5. The van der Waals surface area contributed by atoms with E-state index in [4.69, 9.17) is 4.74 Å². The zero-order valence-corrected chi connectivity index (χ0v) is 16.6. The molecule has 3 rings (SSSR count). The number of amides is 1. The Morgan fingerprint density at radius 3 is 2.32 bits per heavy atom. The van der Waals surface area contributed by atoms with Gasteiger partial charge in [-0.2, -0.15) is 5.10 Å². The van der Waals surface area contributed by atoms with Gasteiger partial charge in [-0.05, 0) is 36.8 Å². The van der Waals surface area contributed by atoms with Crippen molar-refractivity contribution in [2.75, 3.05) is 13.4 Å². The van der Waals surface area contributed by atoms with E-state index in [1.54, 1.807) is 23.0 Å². The fourth-order valence-corrected chi connectivity index (χ4v) is 3.36. The van der Waals surface area contributed by atoms with E-state index >= 15 is 0 Å². The molecule has 7 nitrogen and oxygen atoms in total. The Balaban J connectivity index is 1.80. The molecule has 0 aliphatic carbocycles. The van der Waals surface area contributed by atoms with E-state index in [9.17, 15) is 13.2 Å². The topological polar surface area (TPSA) is 90.3 Å². The van der Waals surface area contributed by atoms with Gasteiger partial charge in [-0.1, -0.05) is 30.3 Å². The van der Waals surface area contributed by atoms with Crippen molar-refractivity contribution in [1.82, 2.24) is 15.1 Å². The molecule has 146 valence electrons. The number of rotatable bonds is 6. The van der Waals surface area contributed by atoms with Gasteiger partial charge >= 0.3 is 0 Å². The fourth-order valence-electron chi connectivity index (χ4n) is 2.73. The Kier molecular flexibility index (Phi) is 5.51. The number of ether oxygens (including phenoxy) is 1. The Labute approximate surface area is 163 Å². The molecule has 0 aliphatic rings. The van der Waals surface area contributed by atoms with E-state index in [1.807, 2.05) is 37.3 Å². The monoisotopic (exact) mass is 399 g/mol. The second-order valence-corrected chi connectivity index (χ2v) is 8.38. The first kappa shape index (κ1) is 19.6. The zero-order valence-electron chi connectivity index (χ0n) is 15.8. The van der Waals surface area contributed by atoms with Gasteiger partial charge in [-0.25, -0.2) is 13.1 Å². The van der Waals surface area contributed by atoms with Crippen molar-refractivity contribution < 1.29 is 17.9 Å². The van der Waals surface area contributed by atoms with Crippen LogP contribution in [0.3, 0.4) is 0 Å². The van der Waals surface area contributed by atoms with Gasteiger partial charge in [0, 0.05) is 6.26 Å². The lowest BCUT2D eigenvalue weighted by Crippen LogP contribution is -2.27.